The Morgan fingerprint density at radius 3 is 1.93 bits per heavy atom. The SMILES string of the molecule is C=C(C(N)=O)c1ccccc1.CN(C)C. The number of carbonyl (C=O) groups is 1. The molecule has 1 rings (SSSR count). The Bertz CT molecular complexity index is 315. The molecule has 1 aromatic rings. The number of nitrogens with two attached hydrogens (primary N) is 1. The number of nitrogens with zero attached hydrogens (tertiary/aromatic N) is 1. The van der Waals surface area contributed by atoms with Gasteiger partial charge in [0.1, 0.15) is 0 Å². The van der Waals surface area contributed by atoms with E-state index in [2.05, 4.69) is 6.58 Å². The van der Waals surface area contributed by atoms with Gasteiger partial charge >= 0.3 is 0 Å². The number of amides is 1. The Balaban J connectivity index is 0.000000423. The fraction of sp³-hybridized carbons (Fsp3) is 0.250. The van der Waals surface area contributed by atoms with E-state index < -0.39 is 5.91 Å². The van der Waals surface area contributed by atoms with Crippen LogP contribution in [0.4, 0.5) is 0 Å². The summed E-state index contributed by atoms with van der Waals surface area (Å²) in [4.78, 5) is 12.6. The van der Waals surface area contributed by atoms with Crippen LogP contribution in [0, 0.1) is 0 Å². The normalized spacial score (nSPS) is 9.07. The van der Waals surface area contributed by atoms with E-state index in [-0.39, 0.29) is 0 Å². The van der Waals surface area contributed by atoms with Crippen LogP contribution in [0.15, 0.2) is 36.9 Å². The summed E-state index contributed by atoms with van der Waals surface area (Å²) in [6, 6.07) is 9.14. The van der Waals surface area contributed by atoms with Crippen LogP contribution in [0.2, 0.25) is 0 Å². The highest BCUT2D eigenvalue weighted by Crippen LogP contribution is 2.09. The molecule has 3 heteroatoms. The zero-order chi connectivity index (χ0) is 11.8. The van der Waals surface area contributed by atoms with E-state index in [4.69, 9.17) is 5.73 Å². The van der Waals surface area contributed by atoms with Gasteiger partial charge in [-0.1, -0.05) is 36.9 Å². The summed E-state index contributed by atoms with van der Waals surface area (Å²) >= 11 is 0. The van der Waals surface area contributed by atoms with Crippen molar-refractivity contribution < 1.29 is 4.79 Å². The molecule has 0 atom stereocenters. The maximum absolute atomic E-state index is 10.6. The Kier molecular flexibility index (Phi) is 6.06. The number of hydrogen-bond donors (Lipinski definition) is 1. The number of primary amides is 1. The molecule has 0 unspecified atom stereocenters. The molecule has 1 amide bonds. The van der Waals surface area contributed by atoms with E-state index in [9.17, 15) is 4.79 Å². The van der Waals surface area contributed by atoms with Gasteiger partial charge in [-0.25, -0.2) is 0 Å². The molecule has 3 nitrogen and oxygen atoms in total. The van der Waals surface area contributed by atoms with Crippen molar-refractivity contribution in [3.8, 4) is 0 Å². The molecule has 0 heterocycles. The third-order valence-electron chi connectivity index (χ3n) is 1.42. The molecule has 1 aromatic carbocycles. The van der Waals surface area contributed by atoms with Crippen LogP contribution >= 0.6 is 0 Å². The molecule has 0 aliphatic rings. The van der Waals surface area contributed by atoms with Crippen molar-refractivity contribution in [1.82, 2.24) is 4.90 Å². The highest BCUT2D eigenvalue weighted by molar-refractivity contribution is 6.17. The molecule has 0 aromatic heterocycles. The molecule has 15 heavy (non-hydrogen) atoms. The maximum atomic E-state index is 10.6. The number of hydrogen-bond acceptors (Lipinski definition) is 2. The van der Waals surface area contributed by atoms with E-state index in [1.807, 2.05) is 44.2 Å². The minimum Gasteiger partial charge on any atom is -0.366 e. The third kappa shape index (κ3) is 6.46. The zero-order valence-electron chi connectivity index (χ0n) is 9.53. The van der Waals surface area contributed by atoms with Crippen molar-refractivity contribution in [1.29, 1.82) is 0 Å². The van der Waals surface area contributed by atoms with Gasteiger partial charge in [-0.15, -0.1) is 0 Å². The van der Waals surface area contributed by atoms with Crippen molar-refractivity contribution in [3.05, 3.63) is 42.5 Å². The molecule has 2 N–H and O–H groups in total. The average molecular weight is 206 g/mol. The zero-order valence-corrected chi connectivity index (χ0v) is 9.53. The van der Waals surface area contributed by atoms with Gasteiger partial charge < -0.3 is 10.6 Å². The summed E-state index contributed by atoms with van der Waals surface area (Å²) in [6.07, 6.45) is 0. The average Bonchev–Trinajstić information content (AvgIpc) is 2.17. The summed E-state index contributed by atoms with van der Waals surface area (Å²) < 4.78 is 0. The second kappa shape index (κ2) is 6.79. The Morgan fingerprint density at radius 1 is 1.20 bits per heavy atom. The van der Waals surface area contributed by atoms with Gasteiger partial charge in [0.25, 0.3) is 0 Å². The molecule has 0 saturated carbocycles. The highest BCUT2D eigenvalue weighted by atomic mass is 16.1. The molecule has 0 aliphatic heterocycles. The molecular formula is C12H18N2O. The van der Waals surface area contributed by atoms with Gasteiger partial charge in [-0.3, -0.25) is 4.79 Å². The summed E-state index contributed by atoms with van der Waals surface area (Å²) in [7, 11) is 6.00. The first kappa shape index (κ1) is 13.4. The first-order valence-corrected chi connectivity index (χ1v) is 4.60. The molecule has 82 valence electrons. The molecule has 0 fully saturated rings. The highest BCUT2D eigenvalue weighted by Gasteiger charge is 2.02. The van der Waals surface area contributed by atoms with Crippen LogP contribution in [0.1, 0.15) is 5.56 Å². The summed E-state index contributed by atoms with van der Waals surface area (Å²) in [5, 5.41) is 0. The van der Waals surface area contributed by atoms with Crippen molar-refractivity contribution in [2.24, 2.45) is 5.73 Å². The van der Waals surface area contributed by atoms with Crippen LogP contribution in [0.3, 0.4) is 0 Å². The monoisotopic (exact) mass is 206 g/mol. The van der Waals surface area contributed by atoms with E-state index in [0.29, 0.717) is 5.57 Å². The number of benzene rings is 1. The Labute approximate surface area is 91.2 Å². The quantitative estimate of drug-likeness (QED) is 0.743. The minimum absolute atomic E-state index is 0.352. The number of rotatable bonds is 2. The summed E-state index contributed by atoms with van der Waals surface area (Å²) in [5.74, 6) is -0.476. The first-order chi connectivity index (χ1) is 6.95. The van der Waals surface area contributed by atoms with Gasteiger partial charge in [0.2, 0.25) is 5.91 Å². The van der Waals surface area contributed by atoms with E-state index in [1.54, 1.807) is 12.1 Å². The fourth-order valence-corrected chi connectivity index (χ4v) is 0.782. The fourth-order valence-electron chi connectivity index (χ4n) is 0.782. The van der Waals surface area contributed by atoms with Crippen molar-refractivity contribution in [2.75, 3.05) is 21.1 Å². The van der Waals surface area contributed by atoms with Gasteiger partial charge in [0.15, 0.2) is 0 Å². The van der Waals surface area contributed by atoms with Gasteiger partial charge in [-0.05, 0) is 26.7 Å². The summed E-state index contributed by atoms with van der Waals surface area (Å²) in [5.41, 5.74) is 6.16. The van der Waals surface area contributed by atoms with Crippen LogP contribution in [-0.2, 0) is 4.79 Å². The maximum Gasteiger partial charge on any atom is 0.248 e. The number of carbonyl (C=O) groups excluding carboxylic acids is 1. The predicted molar refractivity (Wildman–Crippen MR) is 64.3 cm³/mol. The second-order valence-corrected chi connectivity index (χ2v) is 3.55. The molecule has 0 spiro atoms. The van der Waals surface area contributed by atoms with Crippen LogP contribution in [-0.4, -0.2) is 32.0 Å². The Morgan fingerprint density at radius 2 is 1.60 bits per heavy atom. The molecule has 0 radical (unpaired) electrons. The van der Waals surface area contributed by atoms with Gasteiger partial charge in [0.05, 0.1) is 0 Å². The van der Waals surface area contributed by atoms with Gasteiger partial charge in [-0.2, -0.15) is 0 Å². The standard InChI is InChI=1S/C9H9NO.C3H9N/c1-7(9(10)11)8-5-3-2-4-6-8;1-4(2)3/h2-6H,1H2,(H2,10,11);1-3H3. The van der Waals surface area contributed by atoms with Gasteiger partial charge in [0, 0.05) is 5.57 Å². The topological polar surface area (TPSA) is 46.3 Å². The minimum atomic E-state index is -0.476. The largest absolute Gasteiger partial charge is 0.366 e. The first-order valence-electron chi connectivity index (χ1n) is 4.60. The van der Waals surface area contributed by atoms with E-state index >= 15 is 0 Å². The lowest BCUT2D eigenvalue weighted by Gasteiger charge is -1.98. The van der Waals surface area contributed by atoms with Crippen molar-refractivity contribution in [2.45, 2.75) is 0 Å². The van der Waals surface area contributed by atoms with Crippen LogP contribution in [0.25, 0.3) is 5.57 Å². The Hall–Kier alpha value is -1.61. The lowest BCUT2D eigenvalue weighted by Crippen LogP contribution is -2.11. The predicted octanol–water partition coefficient (Wildman–Crippen LogP) is 1.36. The van der Waals surface area contributed by atoms with Crippen molar-refractivity contribution >= 4 is 11.5 Å². The van der Waals surface area contributed by atoms with Crippen molar-refractivity contribution in [3.63, 3.8) is 0 Å². The molecule has 0 bridgehead atoms. The molecule has 0 aliphatic carbocycles. The lowest BCUT2D eigenvalue weighted by molar-refractivity contribution is -0.112. The van der Waals surface area contributed by atoms with E-state index in [1.165, 1.54) is 0 Å². The molecular weight excluding hydrogens is 188 g/mol. The smallest absolute Gasteiger partial charge is 0.248 e. The molecule has 0 saturated heterocycles. The lowest BCUT2D eigenvalue weighted by atomic mass is 10.1. The summed E-state index contributed by atoms with van der Waals surface area (Å²) in [6.45, 7) is 3.55. The van der Waals surface area contributed by atoms with Crippen LogP contribution < -0.4 is 5.73 Å². The van der Waals surface area contributed by atoms with Crippen LogP contribution in [0.5, 0.6) is 0 Å². The van der Waals surface area contributed by atoms with E-state index in [0.717, 1.165) is 5.56 Å². The third-order valence-corrected chi connectivity index (χ3v) is 1.42. The second-order valence-electron chi connectivity index (χ2n) is 3.55.